The number of hydrogen-bond acceptors (Lipinski definition) is 3. The molecule has 0 spiro atoms. The fourth-order valence-corrected chi connectivity index (χ4v) is 2.76. The Morgan fingerprint density at radius 3 is 2.62 bits per heavy atom. The normalized spacial score (nSPS) is 11.0. The summed E-state index contributed by atoms with van der Waals surface area (Å²) in [5.74, 6) is 1.04. The molecule has 1 aromatic carbocycles. The van der Waals surface area contributed by atoms with Crippen molar-refractivity contribution in [2.45, 2.75) is 53.5 Å². The molecule has 0 bridgehead atoms. The van der Waals surface area contributed by atoms with Crippen LogP contribution >= 0.6 is 0 Å². The first kappa shape index (κ1) is 18.0. The van der Waals surface area contributed by atoms with E-state index in [0.717, 1.165) is 41.2 Å². The van der Waals surface area contributed by atoms with Crippen LogP contribution in [0.4, 0.5) is 5.69 Å². The Morgan fingerprint density at radius 1 is 1.33 bits per heavy atom. The molecule has 1 heterocycles. The van der Waals surface area contributed by atoms with Gasteiger partial charge in [0.25, 0.3) is 5.91 Å². The lowest BCUT2D eigenvalue weighted by molar-refractivity contribution is 0.102. The molecule has 0 aliphatic heterocycles. The van der Waals surface area contributed by atoms with Crippen LogP contribution in [0.3, 0.4) is 0 Å². The van der Waals surface area contributed by atoms with Gasteiger partial charge in [-0.1, -0.05) is 20.8 Å². The first-order chi connectivity index (χ1) is 11.4. The van der Waals surface area contributed by atoms with Gasteiger partial charge >= 0.3 is 0 Å². The van der Waals surface area contributed by atoms with E-state index in [-0.39, 0.29) is 5.91 Å². The Bertz CT molecular complexity index is 732. The monoisotopic (exact) mass is 329 g/mol. The SMILES string of the molecule is CCCn1ncc(C(=O)Nc2cc(C(C)C)c(OC)cc2C)c1C. The number of rotatable bonds is 6. The number of methoxy groups -OCH3 is 1. The van der Waals surface area contributed by atoms with Gasteiger partial charge in [-0.15, -0.1) is 0 Å². The van der Waals surface area contributed by atoms with Crippen LogP contribution in [0.1, 0.15) is 60.3 Å². The van der Waals surface area contributed by atoms with E-state index in [4.69, 9.17) is 4.74 Å². The van der Waals surface area contributed by atoms with Gasteiger partial charge in [-0.25, -0.2) is 0 Å². The van der Waals surface area contributed by atoms with Crippen LogP contribution in [0, 0.1) is 13.8 Å². The largest absolute Gasteiger partial charge is 0.496 e. The minimum Gasteiger partial charge on any atom is -0.496 e. The maximum atomic E-state index is 12.6. The summed E-state index contributed by atoms with van der Waals surface area (Å²) in [6.45, 7) is 11.0. The molecule has 0 saturated carbocycles. The van der Waals surface area contributed by atoms with Gasteiger partial charge in [0.15, 0.2) is 0 Å². The van der Waals surface area contributed by atoms with Gasteiger partial charge in [0.2, 0.25) is 0 Å². The number of carbonyl (C=O) groups is 1. The maximum absolute atomic E-state index is 12.6. The fourth-order valence-electron chi connectivity index (χ4n) is 2.76. The number of carbonyl (C=O) groups excluding carboxylic acids is 1. The van der Waals surface area contributed by atoms with Gasteiger partial charge in [-0.3, -0.25) is 9.48 Å². The summed E-state index contributed by atoms with van der Waals surface area (Å²) >= 11 is 0. The zero-order valence-corrected chi connectivity index (χ0v) is 15.4. The van der Waals surface area contributed by atoms with E-state index in [9.17, 15) is 4.79 Å². The quantitative estimate of drug-likeness (QED) is 0.860. The second-order valence-electron chi connectivity index (χ2n) is 6.38. The van der Waals surface area contributed by atoms with E-state index in [1.54, 1.807) is 13.3 Å². The van der Waals surface area contributed by atoms with Crippen LogP contribution in [0.25, 0.3) is 0 Å². The molecule has 2 rings (SSSR count). The highest BCUT2D eigenvalue weighted by Gasteiger charge is 2.17. The van der Waals surface area contributed by atoms with E-state index in [0.29, 0.717) is 11.5 Å². The Kier molecular flexibility index (Phi) is 5.65. The van der Waals surface area contributed by atoms with Crippen molar-refractivity contribution in [1.82, 2.24) is 9.78 Å². The smallest absolute Gasteiger partial charge is 0.259 e. The van der Waals surface area contributed by atoms with Crippen LogP contribution in [-0.2, 0) is 6.54 Å². The molecule has 0 aliphatic rings. The van der Waals surface area contributed by atoms with Crippen molar-refractivity contribution in [1.29, 1.82) is 0 Å². The molecule has 0 radical (unpaired) electrons. The summed E-state index contributed by atoms with van der Waals surface area (Å²) in [7, 11) is 1.67. The van der Waals surface area contributed by atoms with Crippen LogP contribution < -0.4 is 10.1 Å². The number of aryl methyl sites for hydroxylation is 2. The molecule has 1 N–H and O–H groups in total. The third-order valence-electron chi connectivity index (χ3n) is 4.23. The molecule has 0 saturated heterocycles. The fraction of sp³-hybridized carbons (Fsp3) is 0.474. The van der Waals surface area contributed by atoms with Crippen molar-refractivity contribution in [2.75, 3.05) is 12.4 Å². The van der Waals surface area contributed by atoms with Gasteiger partial charge < -0.3 is 10.1 Å². The summed E-state index contributed by atoms with van der Waals surface area (Å²) in [5, 5.41) is 7.32. The van der Waals surface area contributed by atoms with Gasteiger partial charge in [-0.05, 0) is 49.4 Å². The zero-order valence-electron chi connectivity index (χ0n) is 15.4. The van der Waals surface area contributed by atoms with E-state index in [2.05, 4.69) is 31.2 Å². The molecule has 1 aromatic heterocycles. The van der Waals surface area contributed by atoms with E-state index < -0.39 is 0 Å². The number of aromatic nitrogens is 2. The first-order valence-corrected chi connectivity index (χ1v) is 8.41. The number of ether oxygens (including phenoxy) is 1. The van der Waals surface area contributed by atoms with Crippen LogP contribution in [0.5, 0.6) is 5.75 Å². The minimum absolute atomic E-state index is 0.127. The van der Waals surface area contributed by atoms with Crippen LogP contribution in [-0.4, -0.2) is 22.8 Å². The van der Waals surface area contributed by atoms with E-state index in [1.807, 2.05) is 30.7 Å². The Hall–Kier alpha value is -2.30. The summed E-state index contributed by atoms with van der Waals surface area (Å²) in [6.07, 6.45) is 2.63. The Morgan fingerprint density at radius 2 is 2.04 bits per heavy atom. The first-order valence-electron chi connectivity index (χ1n) is 8.41. The molecule has 1 amide bonds. The predicted octanol–water partition coefficient (Wildman–Crippen LogP) is 4.29. The number of amides is 1. The van der Waals surface area contributed by atoms with Crippen LogP contribution in [0.15, 0.2) is 18.3 Å². The molecular formula is C19H27N3O2. The average Bonchev–Trinajstić information content (AvgIpc) is 2.90. The van der Waals surface area contributed by atoms with Crippen molar-refractivity contribution in [3.05, 3.63) is 40.7 Å². The van der Waals surface area contributed by atoms with Crippen molar-refractivity contribution in [2.24, 2.45) is 0 Å². The van der Waals surface area contributed by atoms with Gasteiger partial charge in [0.05, 0.1) is 18.9 Å². The van der Waals surface area contributed by atoms with Gasteiger partial charge in [-0.2, -0.15) is 5.10 Å². The second-order valence-corrected chi connectivity index (χ2v) is 6.38. The van der Waals surface area contributed by atoms with Crippen LogP contribution in [0.2, 0.25) is 0 Å². The highest BCUT2D eigenvalue weighted by molar-refractivity contribution is 6.05. The third-order valence-corrected chi connectivity index (χ3v) is 4.23. The standard InChI is InChI=1S/C19H27N3O2/c1-7-8-22-14(5)16(11-20-22)19(23)21-17-10-15(12(2)3)18(24-6)9-13(17)4/h9-12H,7-8H2,1-6H3,(H,21,23). The molecule has 24 heavy (non-hydrogen) atoms. The number of nitrogens with zero attached hydrogens (tertiary/aromatic N) is 2. The summed E-state index contributed by atoms with van der Waals surface area (Å²) < 4.78 is 7.33. The zero-order chi connectivity index (χ0) is 17.9. The number of anilines is 1. The number of nitrogens with one attached hydrogen (secondary N) is 1. The number of benzene rings is 1. The third kappa shape index (κ3) is 3.61. The number of hydrogen-bond donors (Lipinski definition) is 1. The summed E-state index contributed by atoms with van der Waals surface area (Å²) in [4.78, 5) is 12.6. The molecule has 2 aromatic rings. The molecule has 5 heteroatoms. The average molecular weight is 329 g/mol. The molecule has 0 fully saturated rings. The van der Waals surface area contributed by atoms with E-state index >= 15 is 0 Å². The highest BCUT2D eigenvalue weighted by atomic mass is 16.5. The maximum Gasteiger partial charge on any atom is 0.259 e. The Balaban J connectivity index is 2.30. The molecule has 0 aliphatic carbocycles. The van der Waals surface area contributed by atoms with E-state index in [1.165, 1.54) is 0 Å². The molecular weight excluding hydrogens is 302 g/mol. The lowest BCUT2D eigenvalue weighted by Crippen LogP contribution is -2.14. The van der Waals surface area contributed by atoms with Crippen molar-refractivity contribution in [3.8, 4) is 5.75 Å². The molecule has 0 unspecified atom stereocenters. The molecule has 0 atom stereocenters. The van der Waals surface area contributed by atoms with Gasteiger partial charge in [0, 0.05) is 17.9 Å². The van der Waals surface area contributed by atoms with Crippen molar-refractivity contribution < 1.29 is 9.53 Å². The van der Waals surface area contributed by atoms with Gasteiger partial charge in [0.1, 0.15) is 5.75 Å². The lowest BCUT2D eigenvalue weighted by Gasteiger charge is -2.16. The minimum atomic E-state index is -0.127. The highest BCUT2D eigenvalue weighted by Crippen LogP contribution is 2.32. The predicted molar refractivity (Wildman–Crippen MR) is 97.0 cm³/mol. The van der Waals surface area contributed by atoms with Crippen molar-refractivity contribution >= 4 is 11.6 Å². The summed E-state index contributed by atoms with van der Waals surface area (Å²) in [5.41, 5.74) is 4.38. The molecule has 130 valence electrons. The second kappa shape index (κ2) is 7.51. The summed E-state index contributed by atoms with van der Waals surface area (Å²) in [6, 6.07) is 3.97. The molecule has 5 nitrogen and oxygen atoms in total. The Labute approximate surface area is 144 Å². The topological polar surface area (TPSA) is 56.2 Å². The lowest BCUT2D eigenvalue weighted by atomic mass is 9.99. The van der Waals surface area contributed by atoms with Crippen molar-refractivity contribution in [3.63, 3.8) is 0 Å².